The molecule has 0 fully saturated rings. The maximum atomic E-state index is 12.8. The number of imidazole rings is 1. The predicted octanol–water partition coefficient (Wildman–Crippen LogP) is 5.07. The average Bonchev–Trinajstić information content (AvgIpc) is 3.65. The first kappa shape index (κ1) is 24.3. The van der Waals surface area contributed by atoms with E-state index < -0.39 is 0 Å². The van der Waals surface area contributed by atoms with Crippen molar-refractivity contribution < 1.29 is 4.79 Å². The molecule has 0 saturated heterocycles. The SMILES string of the molecule is NN(C(=O)Cc1ccccc1)c1cncc(-c2ccc3[nH]nc(-c4nc5c(-c6cccnc6)cncc5[nH]4)c3c2)c1. The molecule has 0 aliphatic heterocycles. The summed E-state index contributed by atoms with van der Waals surface area (Å²) in [6.07, 6.45) is 10.6. The molecule has 0 unspecified atom stereocenters. The minimum atomic E-state index is -0.229. The monoisotopic (exact) mass is 537 g/mol. The highest BCUT2D eigenvalue weighted by atomic mass is 16.2. The second-order valence-electron chi connectivity index (χ2n) is 9.60. The lowest BCUT2D eigenvalue weighted by atomic mass is 10.0. The summed E-state index contributed by atoms with van der Waals surface area (Å²) < 4.78 is 0. The number of pyridine rings is 3. The molecule has 0 spiro atoms. The second kappa shape index (κ2) is 10.1. The molecular formula is C31H23N9O. The molecule has 4 N–H and O–H groups in total. The molecule has 2 aromatic carbocycles. The molecular weight excluding hydrogens is 514 g/mol. The number of carbonyl (C=O) groups excluding carboxylic acids is 1. The largest absolute Gasteiger partial charge is 0.335 e. The van der Waals surface area contributed by atoms with Crippen LogP contribution >= 0.6 is 0 Å². The zero-order valence-electron chi connectivity index (χ0n) is 21.7. The van der Waals surface area contributed by atoms with Crippen LogP contribution in [0.5, 0.6) is 0 Å². The summed E-state index contributed by atoms with van der Waals surface area (Å²) in [6.45, 7) is 0. The van der Waals surface area contributed by atoms with Crippen molar-refractivity contribution in [2.75, 3.05) is 5.01 Å². The average molecular weight is 538 g/mol. The molecule has 198 valence electrons. The van der Waals surface area contributed by atoms with Gasteiger partial charge in [-0.2, -0.15) is 5.10 Å². The van der Waals surface area contributed by atoms with Crippen molar-refractivity contribution in [3.8, 4) is 33.8 Å². The highest BCUT2D eigenvalue weighted by Crippen LogP contribution is 2.33. The molecule has 5 heterocycles. The number of rotatable bonds is 6. The number of benzene rings is 2. The number of hydrogen-bond acceptors (Lipinski definition) is 7. The van der Waals surface area contributed by atoms with Crippen molar-refractivity contribution in [3.63, 3.8) is 0 Å². The van der Waals surface area contributed by atoms with Gasteiger partial charge in [0, 0.05) is 46.9 Å². The maximum absolute atomic E-state index is 12.8. The number of carbonyl (C=O) groups is 1. The second-order valence-corrected chi connectivity index (χ2v) is 9.60. The van der Waals surface area contributed by atoms with Gasteiger partial charge in [0.25, 0.3) is 0 Å². The lowest BCUT2D eigenvalue weighted by molar-refractivity contribution is -0.118. The van der Waals surface area contributed by atoms with E-state index >= 15 is 0 Å². The topological polar surface area (TPSA) is 142 Å². The first-order chi connectivity index (χ1) is 20.1. The van der Waals surface area contributed by atoms with Gasteiger partial charge in [-0.15, -0.1) is 0 Å². The Morgan fingerprint density at radius 1 is 0.805 bits per heavy atom. The number of nitrogens with two attached hydrogens (primary N) is 1. The van der Waals surface area contributed by atoms with Crippen LogP contribution in [0.2, 0.25) is 0 Å². The van der Waals surface area contributed by atoms with Gasteiger partial charge in [0.05, 0.1) is 35.5 Å². The first-order valence-electron chi connectivity index (χ1n) is 12.9. The smallest absolute Gasteiger partial charge is 0.245 e. The fraction of sp³-hybridized carbons (Fsp3) is 0.0323. The van der Waals surface area contributed by atoms with E-state index in [2.05, 4.69) is 30.1 Å². The van der Waals surface area contributed by atoms with Crippen molar-refractivity contribution in [2.24, 2.45) is 5.84 Å². The van der Waals surface area contributed by atoms with Crippen molar-refractivity contribution in [1.82, 2.24) is 35.1 Å². The zero-order valence-corrected chi connectivity index (χ0v) is 21.7. The van der Waals surface area contributed by atoms with Gasteiger partial charge in [-0.25, -0.2) is 15.8 Å². The number of nitrogens with one attached hydrogen (secondary N) is 2. The molecule has 41 heavy (non-hydrogen) atoms. The Morgan fingerprint density at radius 3 is 2.51 bits per heavy atom. The first-order valence-corrected chi connectivity index (χ1v) is 12.9. The molecule has 0 aliphatic carbocycles. The molecule has 0 radical (unpaired) electrons. The standard InChI is InChI=1S/C31H23N9O/c32-40(28(41)11-19-5-2-1-3-6-19)23-12-22(15-34-16-23)20-8-9-26-24(13-20)30(39-38-26)31-36-27-18-35-17-25(29(27)37-31)21-7-4-10-33-14-21/h1-10,12-18H,11,32H2,(H,36,37)(H,38,39). The van der Waals surface area contributed by atoms with Crippen LogP contribution in [-0.2, 0) is 11.2 Å². The number of anilines is 1. The molecule has 0 atom stereocenters. The van der Waals surface area contributed by atoms with Crippen molar-refractivity contribution in [1.29, 1.82) is 0 Å². The minimum absolute atomic E-state index is 0.196. The van der Waals surface area contributed by atoms with Gasteiger partial charge in [-0.3, -0.25) is 24.8 Å². The fourth-order valence-corrected chi connectivity index (χ4v) is 4.87. The number of hydrogen-bond donors (Lipinski definition) is 3. The van der Waals surface area contributed by atoms with Crippen LogP contribution in [0.15, 0.2) is 104 Å². The molecule has 7 rings (SSSR count). The lowest BCUT2D eigenvalue weighted by Crippen LogP contribution is -2.38. The number of aromatic amines is 2. The third-order valence-electron chi connectivity index (χ3n) is 6.96. The molecule has 7 aromatic rings. The van der Waals surface area contributed by atoms with Crippen LogP contribution in [0, 0.1) is 0 Å². The molecule has 5 aromatic heterocycles. The van der Waals surface area contributed by atoms with Crippen LogP contribution in [0.3, 0.4) is 0 Å². The van der Waals surface area contributed by atoms with Gasteiger partial charge >= 0.3 is 0 Å². The lowest BCUT2D eigenvalue weighted by Gasteiger charge is -2.17. The molecule has 1 amide bonds. The Kier molecular flexibility index (Phi) is 5.99. The van der Waals surface area contributed by atoms with E-state index in [1.165, 1.54) is 0 Å². The van der Waals surface area contributed by atoms with E-state index in [1.807, 2.05) is 66.7 Å². The molecule has 0 saturated carbocycles. The molecule has 0 bridgehead atoms. The van der Waals surface area contributed by atoms with Gasteiger partial charge in [-0.1, -0.05) is 42.5 Å². The summed E-state index contributed by atoms with van der Waals surface area (Å²) in [5, 5.41) is 9.69. The van der Waals surface area contributed by atoms with Crippen molar-refractivity contribution in [2.45, 2.75) is 6.42 Å². The Morgan fingerprint density at radius 2 is 1.66 bits per heavy atom. The summed E-state index contributed by atoms with van der Waals surface area (Å²) >= 11 is 0. The van der Waals surface area contributed by atoms with Crippen molar-refractivity contribution in [3.05, 3.63) is 109 Å². The summed E-state index contributed by atoms with van der Waals surface area (Å²) in [4.78, 5) is 34.1. The number of amides is 1. The third-order valence-corrected chi connectivity index (χ3v) is 6.96. The van der Waals surface area contributed by atoms with Crippen LogP contribution in [0.25, 0.3) is 55.7 Å². The molecule has 0 aliphatic rings. The Balaban J connectivity index is 1.23. The summed E-state index contributed by atoms with van der Waals surface area (Å²) in [7, 11) is 0. The normalized spacial score (nSPS) is 11.2. The van der Waals surface area contributed by atoms with Crippen LogP contribution in [0.1, 0.15) is 5.56 Å². The van der Waals surface area contributed by atoms with Crippen molar-refractivity contribution >= 4 is 33.5 Å². The van der Waals surface area contributed by atoms with E-state index in [4.69, 9.17) is 10.8 Å². The van der Waals surface area contributed by atoms with E-state index in [-0.39, 0.29) is 12.3 Å². The fourth-order valence-electron chi connectivity index (χ4n) is 4.87. The van der Waals surface area contributed by atoms with Gasteiger partial charge in [0.1, 0.15) is 11.2 Å². The molecule has 10 heteroatoms. The quantitative estimate of drug-likeness (QED) is 0.153. The summed E-state index contributed by atoms with van der Waals surface area (Å²) in [5.41, 5.74) is 8.04. The maximum Gasteiger partial charge on any atom is 0.245 e. The van der Waals surface area contributed by atoms with Crippen LogP contribution in [-0.4, -0.2) is 41.0 Å². The Hall–Kier alpha value is -5.74. The number of aromatic nitrogens is 7. The van der Waals surface area contributed by atoms with Gasteiger partial charge in [-0.05, 0) is 35.4 Å². The minimum Gasteiger partial charge on any atom is -0.335 e. The van der Waals surface area contributed by atoms with E-state index in [0.29, 0.717) is 17.2 Å². The van der Waals surface area contributed by atoms with Crippen LogP contribution < -0.4 is 10.9 Å². The Bertz CT molecular complexity index is 2020. The van der Waals surface area contributed by atoms with E-state index in [9.17, 15) is 4.79 Å². The number of hydrazine groups is 1. The van der Waals surface area contributed by atoms with Crippen LogP contribution in [0.4, 0.5) is 5.69 Å². The van der Waals surface area contributed by atoms with Gasteiger partial charge in [0.15, 0.2) is 5.82 Å². The molecule has 10 nitrogen and oxygen atoms in total. The Labute approximate surface area is 233 Å². The number of H-pyrrole nitrogens is 2. The van der Waals surface area contributed by atoms with E-state index in [0.717, 1.165) is 54.8 Å². The van der Waals surface area contributed by atoms with E-state index in [1.54, 1.807) is 37.2 Å². The highest BCUT2D eigenvalue weighted by Gasteiger charge is 2.17. The summed E-state index contributed by atoms with van der Waals surface area (Å²) in [6, 6.07) is 21.2. The number of fused-ring (bicyclic) bond motifs is 2. The highest BCUT2D eigenvalue weighted by molar-refractivity contribution is 5.98. The summed E-state index contributed by atoms with van der Waals surface area (Å²) in [5.74, 6) is 6.60. The predicted molar refractivity (Wildman–Crippen MR) is 157 cm³/mol. The van der Waals surface area contributed by atoms with Gasteiger partial charge < -0.3 is 4.98 Å². The number of nitrogens with zero attached hydrogens (tertiary/aromatic N) is 6. The van der Waals surface area contributed by atoms with Gasteiger partial charge in [0.2, 0.25) is 5.91 Å². The third kappa shape index (κ3) is 4.58. The zero-order chi connectivity index (χ0) is 27.8.